The maximum absolute atomic E-state index is 14.2. The van der Waals surface area contributed by atoms with E-state index in [2.05, 4.69) is 5.32 Å². The molecule has 0 heterocycles. The highest BCUT2D eigenvalue weighted by molar-refractivity contribution is 5.87. The molecule has 5 heteroatoms. The van der Waals surface area contributed by atoms with E-state index in [4.69, 9.17) is 0 Å². The van der Waals surface area contributed by atoms with Crippen LogP contribution in [0.5, 0.6) is 0 Å². The predicted molar refractivity (Wildman–Crippen MR) is 114 cm³/mol. The molecule has 1 N–H and O–H groups in total. The van der Waals surface area contributed by atoms with Crippen LogP contribution in [0.1, 0.15) is 50.3 Å². The van der Waals surface area contributed by atoms with Crippen molar-refractivity contribution in [2.24, 2.45) is 0 Å². The molecule has 0 bridgehead atoms. The van der Waals surface area contributed by atoms with Gasteiger partial charge in [-0.2, -0.15) is 0 Å². The molecule has 2 aromatic rings. The summed E-state index contributed by atoms with van der Waals surface area (Å²) in [5.74, 6) is -0.765. The molecule has 0 aliphatic carbocycles. The van der Waals surface area contributed by atoms with Crippen LogP contribution >= 0.6 is 0 Å². The van der Waals surface area contributed by atoms with Crippen molar-refractivity contribution in [3.63, 3.8) is 0 Å². The van der Waals surface area contributed by atoms with E-state index in [9.17, 15) is 14.0 Å². The van der Waals surface area contributed by atoms with Gasteiger partial charge in [0.25, 0.3) is 0 Å². The van der Waals surface area contributed by atoms with Crippen LogP contribution in [0, 0.1) is 12.7 Å². The smallest absolute Gasteiger partial charge is 0.242 e. The number of carbonyl (C=O) groups excluding carboxylic acids is 2. The van der Waals surface area contributed by atoms with Gasteiger partial charge in [-0.3, -0.25) is 9.59 Å². The van der Waals surface area contributed by atoms with Gasteiger partial charge >= 0.3 is 0 Å². The fraction of sp³-hybridized carbons (Fsp3) is 0.417. The Balaban J connectivity index is 2.15. The Bertz CT molecular complexity index is 820. The Morgan fingerprint density at radius 1 is 1.07 bits per heavy atom. The molecule has 0 fully saturated rings. The average molecular weight is 399 g/mol. The highest BCUT2D eigenvalue weighted by Crippen LogP contribution is 2.16. The summed E-state index contributed by atoms with van der Waals surface area (Å²) in [7, 11) is 0. The lowest BCUT2D eigenvalue weighted by molar-refractivity contribution is -0.140. The molecule has 0 spiro atoms. The molecule has 156 valence electrons. The lowest BCUT2D eigenvalue weighted by Gasteiger charge is -2.30. The molecule has 0 aliphatic rings. The van der Waals surface area contributed by atoms with Gasteiger partial charge in [-0.05, 0) is 45.2 Å². The fourth-order valence-electron chi connectivity index (χ4n) is 3.01. The zero-order valence-electron chi connectivity index (χ0n) is 17.7. The zero-order chi connectivity index (χ0) is 21.4. The summed E-state index contributed by atoms with van der Waals surface area (Å²) in [5, 5.41) is 2.92. The van der Waals surface area contributed by atoms with Gasteiger partial charge in [0.1, 0.15) is 11.9 Å². The topological polar surface area (TPSA) is 49.4 Å². The molecule has 0 radical (unpaired) electrons. The van der Waals surface area contributed by atoms with Gasteiger partial charge < -0.3 is 10.2 Å². The van der Waals surface area contributed by atoms with Gasteiger partial charge in [0.15, 0.2) is 0 Å². The lowest BCUT2D eigenvalue weighted by atomic mass is 10.1. The Hall–Kier alpha value is -2.69. The number of hydrogen-bond donors (Lipinski definition) is 1. The highest BCUT2D eigenvalue weighted by Gasteiger charge is 2.27. The molecule has 2 amide bonds. The Morgan fingerprint density at radius 3 is 2.34 bits per heavy atom. The largest absolute Gasteiger partial charge is 0.352 e. The number of aryl methyl sites for hydroxylation is 2. The lowest BCUT2D eigenvalue weighted by Crippen LogP contribution is -2.49. The van der Waals surface area contributed by atoms with Crippen molar-refractivity contribution >= 4 is 11.8 Å². The van der Waals surface area contributed by atoms with Crippen LogP contribution in [0.2, 0.25) is 0 Å². The summed E-state index contributed by atoms with van der Waals surface area (Å²) in [5.41, 5.74) is 2.63. The second-order valence-electron chi connectivity index (χ2n) is 7.59. The molecule has 0 aromatic heterocycles. The van der Waals surface area contributed by atoms with Gasteiger partial charge in [-0.15, -0.1) is 0 Å². The molecular weight excluding hydrogens is 367 g/mol. The van der Waals surface area contributed by atoms with Crippen LogP contribution in [-0.2, 0) is 22.6 Å². The standard InChI is InChI=1S/C24H31FN2O2/c1-5-18(3)26-24(29)19(4)27(16-21-8-6-7-9-22(21)25)23(28)15-14-20-12-10-17(2)11-13-20/h6-13,18-19H,5,14-16H2,1-4H3,(H,26,29)/t18-,19+/m1/s1. The molecule has 0 saturated carbocycles. The first-order valence-corrected chi connectivity index (χ1v) is 10.2. The Labute approximate surface area is 173 Å². The quantitative estimate of drug-likeness (QED) is 0.681. The van der Waals surface area contributed by atoms with Crippen LogP contribution in [0.4, 0.5) is 4.39 Å². The van der Waals surface area contributed by atoms with Gasteiger partial charge in [-0.25, -0.2) is 4.39 Å². The molecule has 0 unspecified atom stereocenters. The summed E-state index contributed by atoms with van der Waals surface area (Å²) in [6.07, 6.45) is 1.64. The third-order valence-corrected chi connectivity index (χ3v) is 5.21. The van der Waals surface area contributed by atoms with Crippen LogP contribution in [-0.4, -0.2) is 28.8 Å². The van der Waals surface area contributed by atoms with E-state index < -0.39 is 6.04 Å². The maximum Gasteiger partial charge on any atom is 0.242 e. The van der Waals surface area contributed by atoms with Crippen molar-refractivity contribution < 1.29 is 14.0 Å². The molecule has 4 nitrogen and oxygen atoms in total. The van der Waals surface area contributed by atoms with Crippen LogP contribution in [0.3, 0.4) is 0 Å². The SMILES string of the molecule is CC[C@@H](C)NC(=O)[C@H](C)N(Cc1ccccc1F)C(=O)CCc1ccc(C)cc1. The minimum Gasteiger partial charge on any atom is -0.352 e. The average Bonchev–Trinajstić information content (AvgIpc) is 2.71. The van der Waals surface area contributed by atoms with Gasteiger partial charge in [0.2, 0.25) is 11.8 Å². The molecule has 2 rings (SSSR count). The normalized spacial score (nSPS) is 12.9. The molecular formula is C24H31FN2O2. The number of halogens is 1. The van der Waals surface area contributed by atoms with E-state index in [1.807, 2.05) is 45.0 Å². The number of benzene rings is 2. The zero-order valence-corrected chi connectivity index (χ0v) is 17.7. The first-order valence-electron chi connectivity index (χ1n) is 10.2. The number of rotatable bonds is 9. The fourth-order valence-corrected chi connectivity index (χ4v) is 3.01. The van der Waals surface area contributed by atoms with Crippen LogP contribution in [0.15, 0.2) is 48.5 Å². The Morgan fingerprint density at radius 2 is 1.72 bits per heavy atom. The maximum atomic E-state index is 14.2. The van der Waals surface area contributed by atoms with Crippen LogP contribution < -0.4 is 5.32 Å². The monoisotopic (exact) mass is 398 g/mol. The first-order chi connectivity index (χ1) is 13.8. The van der Waals surface area contributed by atoms with Gasteiger partial charge in [0.05, 0.1) is 0 Å². The minimum atomic E-state index is -0.686. The molecule has 0 saturated heterocycles. The summed E-state index contributed by atoms with van der Waals surface area (Å²) in [6.45, 7) is 7.68. The number of hydrogen-bond acceptors (Lipinski definition) is 2. The van der Waals surface area contributed by atoms with E-state index in [1.165, 1.54) is 11.0 Å². The van der Waals surface area contributed by atoms with Crippen molar-refractivity contribution in [3.05, 3.63) is 71.0 Å². The summed E-state index contributed by atoms with van der Waals surface area (Å²) < 4.78 is 14.2. The molecule has 0 aliphatic heterocycles. The molecule has 2 aromatic carbocycles. The van der Waals surface area contributed by atoms with E-state index >= 15 is 0 Å². The first kappa shape index (κ1) is 22.6. The number of carbonyl (C=O) groups is 2. The number of nitrogens with zero attached hydrogens (tertiary/aromatic N) is 1. The van der Waals surface area contributed by atoms with Crippen molar-refractivity contribution in [3.8, 4) is 0 Å². The number of amides is 2. The van der Waals surface area contributed by atoms with Gasteiger partial charge in [0, 0.05) is 24.6 Å². The molecule has 29 heavy (non-hydrogen) atoms. The minimum absolute atomic E-state index is 0.0166. The highest BCUT2D eigenvalue weighted by atomic mass is 19.1. The van der Waals surface area contributed by atoms with Crippen molar-refractivity contribution in [2.75, 3.05) is 0 Å². The van der Waals surface area contributed by atoms with Crippen molar-refractivity contribution in [1.29, 1.82) is 0 Å². The second kappa shape index (κ2) is 10.7. The third-order valence-electron chi connectivity index (χ3n) is 5.21. The summed E-state index contributed by atoms with van der Waals surface area (Å²) in [6, 6.07) is 13.7. The van der Waals surface area contributed by atoms with E-state index in [0.717, 1.165) is 17.5 Å². The predicted octanol–water partition coefficient (Wildman–Crippen LogP) is 4.40. The second-order valence-corrected chi connectivity index (χ2v) is 7.59. The summed E-state index contributed by atoms with van der Waals surface area (Å²) in [4.78, 5) is 27.1. The Kier molecular flexibility index (Phi) is 8.37. The van der Waals surface area contributed by atoms with Gasteiger partial charge in [-0.1, -0.05) is 55.0 Å². The molecule has 2 atom stereocenters. The third kappa shape index (κ3) is 6.70. The van der Waals surface area contributed by atoms with E-state index in [1.54, 1.807) is 25.1 Å². The van der Waals surface area contributed by atoms with Crippen molar-refractivity contribution in [1.82, 2.24) is 10.2 Å². The summed E-state index contributed by atoms with van der Waals surface area (Å²) >= 11 is 0. The number of nitrogens with one attached hydrogen (secondary N) is 1. The van der Waals surface area contributed by atoms with Crippen LogP contribution in [0.25, 0.3) is 0 Å². The van der Waals surface area contributed by atoms with E-state index in [-0.39, 0.29) is 36.6 Å². The van der Waals surface area contributed by atoms with Crippen molar-refractivity contribution in [2.45, 2.75) is 65.6 Å². The van der Waals surface area contributed by atoms with E-state index in [0.29, 0.717) is 12.0 Å².